The van der Waals surface area contributed by atoms with Crippen LogP contribution in [0.25, 0.3) is 16.7 Å². The average molecular weight is 403 g/mol. The monoisotopic (exact) mass is 402 g/mol. The molecule has 5 heteroatoms. The first kappa shape index (κ1) is 19.3. The molecule has 1 N–H and O–H groups in total. The zero-order valence-electron chi connectivity index (χ0n) is 16.8. The van der Waals surface area contributed by atoms with Crippen LogP contribution in [0.3, 0.4) is 0 Å². The van der Waals surface area contributed by atoms with Gasteiger partial charge in [0, 0.05) is 23.6 Å². The summed E-state index contributed by atoms with van der Waals surface area (Å²) in [7, 11) is 0. The molecule has 2 aromatic heterocycles. The minimum absolute atomic E-state index is 0.476. The van der Waals surface area contributed by atoms with Gasteiger partial charge in [-0.2, -0.15) is 5.26 Å². The van der Waals surface area contributed by atoms with E-state index in [1.54, 1.807) is 0 Å². The number of fused-ring (bicyclic) bond motifs is 3. The molecule has 0 aliphatic heterocycles. The van der Waals surface area contributed by atoms with Crippen molar-refractivity contribution >= 4 is 34.1 Å². The predicted octanol–water partition coefficient (Wildman–Crippen LogP) is 5.98. The molecular formula is C24H23ClN4. The van der Waals surface area contributed by atoms with E-state index in [1.807, 2.05) is 55.5 Å². The van der Waals surface area contributed by atoms with Gasteiger partial charge in [0.2, 0.25) is 0 Å². The third-order valence-corrected chi connectivity index (χ3v) is 5.60. The van der Waals surface area contributed by atoms with Crippen LogP contribution in [0.2, 0.25) is 5.02 Å². The largest absolute Gasteiger partial charge is 0.371 e. The molecule has 0 aliphatic carbocycles. The number of imidazole rings is 1. The molecule has 0 saturated heterocycles. The zero-order valence-corrected chi connectivity index (χ0v) is 17.6. The Morgan fingerprint density at radius 1 is 1.14 bits per heavy atom. The number of aromatic nitrogens is 2. The van der Waals surface area contributed by atoms with E-state index < -0.39 is 0 Å². The van der Waals surface area contributed by atoms with Crippen molar-refractivity contribution in [3.8, 4) is 6.07 Å². The van der Waals surface area contributed by atoms with Crippen LogP contribution in [-0.4, -0.2) is 15.9 Å². The molecule has 4 rings (SSSR count). The van der Waals surface area contributed by atoms with Crippen molar-refractivity contribution < 1.29 is 0 Å². The SMILES string of the molecule is Cc1c(Cc2ccccc2Cl)c(NCC(C)C)n2c(nc3ccccc32)c1C#N. The van der Waals surface area contributed by atoms with Crippen LogP contribution in [0.15, 0.2) is 48.5 Å². The van der Waals surface area contributed by atoms with E-state index in [2.05, 4.69) is 29.6 Å². The predicted molar refractivity (Wildman–Crippen MR) is 120 cm³/mol. The summed E-state index contributed by atoms with van der Waals surface area (Å²) in [5.41, 5.74) is 6.24. The van der Waals surface area contributed by atoms with Crippen LogP contribution in [0.5, 0.6) is 0 Å². The van der Waals surface area contributed by atoms with Gasteiger partial charge in [-0.1, -0.05) is 55.8 Å². The first-order valence-electron chi connectivity index (χ1n) is 9.81. The number of rotatable bonds is 5. The lowest BCUT2D eigenvalue weighted by Gasteiger charge is -2.20. The fourth-order valence-electron chi connectivity index (χ4n) is 3.72. The molecule has 0 aliphatic rings. The highest BCUT2D eigenvalue weighted by atomic mass is 35.5. The van der Waals surface area contributed by atoms with Gasteiger partial charge in [0.15, 0.2) is 5.65 Å². The Balaban J connectivity index is 2.05. The maximum Gasteiger partial charge on any atom is 0.157 e. The summed E-state index contributed by atoms with van der Waals surface area (Å²) in [4.78, 5) is 4.77. The van der Waals surface area contributed by atoms with Crippen molar-refractivity contribution in [3.05, 3.63) is 75.8 Å². The summed E-state index contributed by atoms with van der Waals surface area (Å²) in [5.74, 6) is 1.46. The fraction of sp³-hybridized carbons (Fsp3) is 0.250. The van der Waals surface area contributed by atoms with Crippen molar-refractivity contribution in [1.29, 1.82) is 5.26 Å². The molecule has 2 aromatic carbocycles. The van der Waals surface area contributed by atoms with Crippen LogP contribution in [0.1, 0.15) is 36.1 Å². The number of para-hydroxylation sites is 2. The van der Waals surface area contributed by atoms with E-state index in [0.29, 0.717) is 23.5 Å². The molecule has 146 valence electrons. The highest BCUT2D eigenvalue weighted by Crippen LogP contribution is 2.33. The van der Waals surface area contributed by atoms with Gasteiger partial charge >= 0.3 is 0 Å². The van der Waals surface area contributed by atoms with Gasteiger partial charge in [0.05, 0.1) is 16.6 Å². The van der Waals surface area contributed by atoms with Crippen molar-refractivity contribution in [1.82, 2.24) is 9.38 Å². The van der Waals surface area contributed by atoms with E-state index in [0.717, 1.165) is 45.1 Å². The van der Waals surface area contributed by atoms with Crippen LogP contribution in [0, 0.1) is 24.2 Å². The third-order valence-electron chi connectivity index (χ3n) is 5.24. The van der Waals surface area contributed by atoms with Crippen molar-refractivity contribution in [2.24, 2.45) is 5.92 Å². The van der Waals surface area contributed by atoms with Gasteiger partial charge in [0.1, 0.15) is 11.9 Å². The molecule has 0 atom stereocenters. The number of nitrogens with one attached hydrogen (secondary N) is 1. The summed E-state index contributed by atoms with van der Waals surface area (Å²) in [6.07, 6.45) is 0.642. The first-order valence-corrected chi connectivity index (χ1v) is 10.2. The van der Waals surface area contributed by atoms with E-state index in [1.165, 1.54) is 0 Å². The number of nitrogens with zero attached hydrogens (tertiary/aromatic N) is 3. The van der Waals surface area contributed by atoms with Crippen molar-refractivity contribution in [2.75, 3.05) is 11.9 Å². The summed E-state index contributed by atoms with van der Waals surface area (Å²) in [6.45, 7) is 7.19. The second kappa shape index (κ2) is 7.77. The lowest BCUT2D eigenvalue weighted by molar-refractivity contribution is 0.685. The Morgan fingerprint density at radius 3 is 2.59 bits per heavy atom. The molecule has 0 spiro atoms. The van der Waals surface area contributed by atoms with Crippen LogP contribution in [0.4, 0.5) is 5.82 Å². The molecule has 0 fully saturated rings. The summed E-state index contributed by atoms with van der Waals surface area (Å²) >= 11 is 6.47. The van der Waals surface area contributed by atoms with E-state index >= 15 is 0 Å². The minimum Gasteiger partial charge on any atom is -0.371 e. The number of hydrogen-bond donors (Lipinski definition) is 1. The third kappa shape index (κ3) is 3.43. The second-order valence-corrected chi connectivity index (χ2v) is 8.15. The Bertz CT molecular complexity index is 1250. The molecule has 0 radical (unpaired) electrons. The van der Waals surface area contributed by atoms with Crippen LogP contribution in [-0.2, 0) is 6.42 Å². The first-order chi connectivity index (χ1) is 14.0. The number of nitriles is 1. The average Bonchev–Trinajstić information content (AvgIpc) is 3.08. The van der Waals surface area contributed by atoms with Gasteiger partial charge in [0.25, 0.3) is 0 Å². The molecule has 29 heavy (non-hydrogen) atoms. The van der Waals surface area contributed by atoms with E-state index in [-0.39, 0.29) is 0 Å². The Morgan fingerprint density at radius 2 is 1.86 bits per heavy atom. The smallest absolute Gasteiger partial charge is 0.157 e. The molecule has 4 aromatic rings. The van der Waals surface area contributed by atoms with Gasteiger partial charge in [-0.3, -0.25) is 4.40 Å². The van der Waals surface area contributed by atoms with E-state index in [9.17, 15) is 5.26 Å². The number of hydrogen-bond acceptors (Lipinski definition) is 3. The zero-order chi connectivity index (χ0) is 20.5. The van der Waals surface area contributed by atoms with Crippen molar-refractivity contribution in [2.45, 2.75) is 27.2 Å². The Labute approximate surface area is 175 Å². The fourth-order valence-corrected chi connectivity index (χ4v) is 3.92. The number of benzene rings is 2. The number of anilines is 1. The van der Waals surface area contributed by atoms with Gasteiger partial charge < -0.3 is 5.32 Å². The molecular weight excluding hydrogens is 380 g/mol. The highest BCUT2D eigenvalue weighted by molar-refractivity contribution is 6.31. The van der Waals surface area contributed by atoms with Crippen LogP contribution >= 0.6 is 11.6 Å². The highest BCUT2D eigenvalue weighted by Gasteiger charge is 2.21. The molecule has 2 heterocycles. The topological polar surface area (TPSA) is 53.1 Å². The second-order valence-electron chi connectivity index (χ2n) is 7.74. The quantitative estimate of drug-likeness (QED) is 0.446. The number of halogens is 1. The molecule has 0 unspecified atom stereocenters. The lowest BCUT2D eigenvalue weighted by atomic mass is 9.97. The summed E-state index contributed by atoms with van der Waals surface area (Å²) in [6, 6.07) is 18.3. The molecule has 0 saturated carbocycles. The standard InChI is InChI=1S/C24H23ClN4/c1-15(2)14-27-23-18(12-17-8-4-5-9-20(17)25)16(3)19(13-26)24-28-21-10-6-7-11-22(21)29(23)24/h4-11,15,27H,12,14H2,1-3H3. The Kier molecular flexibility index (Phi) is 5.17. The molecule has 4 nitrogen and oxygen atoms in total. The Hall–Kier alpha value is -3.03. The lowest BCUT2D eigenvalue weighted by Crippen LogP contribution is -2.15. The summed E-state index contributed by atoms with van der Waals surface area (Å²) in [5, 5.41) is 14.3. The normalized spacial score (nSPS) is 11.3. The van der Waals surface area contributed by atoms with Crippen LogP contribution < -0.4 is 5.32 Å². The minimum atomic E-state index is 0.476. The summed E-state index contributed by atoms with van der Waals surface area (Å²) < 4.78 is 2.09. The molecule has 0 amide bonds. The van der Waals surface area contributed by atoms with Gasteiger partial charge in [-0.05, 0) is 42.2 Å². The molecule has 0 bridgehead atoms. The van der Waals surface area contributed by atoms with Crippen molar-refractivity contribution in [3.63, 3.8) is 0 Å². The number of pyridine rings is 1. The maximum atomic E-state index is 9.95. The van der Waals surface area contributed by atoms with Gasteiger partial charge in [-0.25, -0.2) is 4.98 Å². The van der Waals surface area contributed by atoms with E-state index in [4.69, 9.17) is 16.6 Å². The van der Waals surface area contributed by atoms with Gasteiger partial charge in [-0.15, -0.1) is 0 Å². The maximum absolute atomic E-state index is 9.95.